The van der Waals surface area contributed by atoms with E-state index in [1.807, 2.05) is 38.1 Å². The molecule has 1 N–H and O–H groups in total. The summed E-state index contributed by atoms with van der Waals surface area (Å²) in [6, 6.07) is 6.58. The molecule has 2 atom stereocenters. The monoisotopic (exact) mass is 442 g/mol. The number of rotatable bonds is 7. The van der Waals surface area contributed by atoms with Gasteiger partial charge in [0.25, 0.3) is 5.91 Å². The molecule has 1 saturated heterocycles. The molecule has 164 valence electrons. The lowest BCUT2D eigenvalue weighted by Gasteiger charge is -2.29. The zero-order valence-corrected chi connectivity index (χ0v) is 18.7. The Morgan fingerprint density at radius 1 is 1.35 bits per heavy atom. The van der Waals surface area contributed by atoms with Gasteiger partial charge in [-0.1, -0.05) is 18.2 Å². The highest BCUT2D eigenvalue weighted by Crippen LogP contribution is 2.43. The van der Waals surface area contributed by atoms with Crippen molar-refractivity contribution in [2.45, 2.75) is 45.8 Å². The summed E-state index contributed by atoms with van der Waals surface area (Å²) in [5.74, 6) is -0.865. The summed E-state index contributed by atoms with van der Waals surface area (Å²) < 4.78 is 11.6. The van der Waals surface area contributed by atoms with E-state index in [9.17, 15) is 14.7 Å². The Morgan fingerprint density at radius 3 is 2.77 bits per heavy atom. The molecule has 1 fully saturated rings. The van der Waals surface area contributed by atoms with Gasteiger partial charge in [0.05, 0.1) is 39.9 Å². The summed E-state index contributed by atoms with van der Waals surface area (Å²) in [6.45, 7) is 6.86. The number of para-hydroxylation sites is 1. The summed E-state index contributed by atoms with van der Waals surface area (Å²) >= 11 is 1.27. The first-order chi connectivity index (χ1) is 14.9. The van der Waals surface area contributed by atoms with Gasteiger partial charge >= 0.3 is 0 Å². The highest BCUT2D eigenvalue weighted by molar-refractivity contribution is 7.14. The van der Waals surface area contributed by atoms with E-state index in [2.05, 4.69) is 4.98 Å². The van der Waals surface area contributed by atoms with Gasteiger partial charge in [0, 0.05) is 18.7 Å². The minimum atomic E-state index is -0.756. The maximum atomic E-state index is 13.6. The molecule has 0 radical (unpaired) electrons. The molecule has 2 aromatic rings. The van der Waals surface area contributed by atoms with Gasteiger partial charge < -0.3 is 19.5 Å². The number of aliphatic hydroxyl groups excluding tert-OH is 1. The summed E-state index contributed by atoms with van der Waals surface area (Å²) in [6.07, 6.45) is 1.64. The molecule has 8 heteroatoms. The Morgan fingerprint density at radius 2 is 2.13 bits per heavy atom. The number of nitrogens with zero attached hydrogens (tertiary/aromatic N) is 2. The molecule has 31 heavy (non-hydrogen) atoms. The highest BCUT2D eigenvalue weighted by Gasteiger charge is 2.46. The fourth-order valence-corrected chi connectivity index (χ4v) is 5.14. The highest BCUT2D eigenvalue weighted by atomic mass is 32.1. The third kappa shape index (κ3) is 3.97. The molecule has 0 bridgehead atoms. The van der Waals surface area contributed by atoms with Gasteiger partial charge in [-0.25, -0.2) is 4.98 Å². The van der Waals surface area contributed by atoms with E-state index in [1.165, 1.54) is 11.3 Å². The number of aromatic nitrogens is 1. The number of ketones is 1. The summed E-state index contributed by atoms with van der Waals surface area (Å²) in [7, 11) is 0. The zero-order chi connectivity index (χ0) is 22.1. The van der Waals surface area contributed by atoms with E-state index < -0.39 is 17.7 Å². The SMILES string of the molecule is CCOc1ccccc1C1C(C(=O)c2sc(C)nc2C)=C(O)C(=O)N1CC1CCCO1. The third-order valence-corrected chi connectivity index (χ3v) is 6.67. The van der Waals surface area contributed by atoms with Crippen LogP contribution in [-0.4, -0.2) is 52.5 Å². The fourth-order valence-electron chi connectivity index (χ4n) is 4.26. The number of benzene rings is 1. The summed E-state index contributed by atoms with van der Waals surface area (Å²) in [4.78, 5) is 33.0. The van der Waals surface area contributed by atoms with Crippen LogP contribution in [0.5, 0.6) is 5.75 Å². The molecule has 0 saturated carbocycles. The number of aryl methyl sites for hydroxylation is 2. The van der Waals surface area contributed by atoms with Crippen molar-refractivity contribution in [1.29, 1.82) is 0 Å². The second kappa shape index (κ2) is 8.80. The van der Waals surface area contributed by atoms with Crippen molar-refractivity contribution in [1.82, 2.24) is 9.88 Å². The van der Waals surface area contributed by atoms with Crippen molar-refractivity contribution >= 4 is 23.0 Å². The molecule has 1 amide bonds. The molecule has 2 aliphatic rings. The predicted octanol–water partition coefficient (Wildman–Crippen LogP) is 3.92. The first-order valence-corrected chi connectivity index (χ1v) is 11.3. The quantitative estimate of drug-likeness (QED) is 0.654. The number of aliphatic hydroxyl groups is 1. The van der Waals surface area contributed by atoms with Gasteiger partial charge in [0.1, 0.15) is 5.75 Å². The molecule has 1 aromatic carbocycles. The Balaban J connectivity index is 1.82. The molecule has 0 aliphatic carbocycles. The number of carbonyl (C=O) groups excluding carboxylic acids is 2. The second-order valence-electron chi connectivity index (χ2n) is 7.70. The molecule has 7 nitrogen and oxygen atoms in total. The number of ether oxygens (including phenoxy) is 2. The number of hydrogen-bond acceptors (Lipinski definition) is 7. The average molecular weight is 443 g/mol. The second-order valence-corrected chi connectivity index (χ2v) is 8.91. The van der Waals surface area contributed by atoms with Gasteiger partial charge in [0.15, 0.2) is 5.76 Å². The van der Waals surface area contributed by atoms with Crippen molar-refractivity contribution < 1.29 is 24.2 Å². The standard InChI is InChI=1S/C23H26N2O5S/c1-4-29-17-10-6-5-9-16(17)19-18(20(26)22-13(2)24-14(3)31-22)21(27)23(28)25(19)12-15-8-7-11-30-15/h5-6,9-10,15,19,27H,4,7-8,11-12H2,1-3H3. The van der Waals surface area contributed by atoms with Crippen molar-refractivity contribution in [3.05, 3.63) is 56.7 Å². The molecular formula is C23H26N2O5S. The third-order valence-electron chi connectivity index (χ3n) is 5.60. The minimum Gasteiger partial charge on any atom is -0.503 e. The van der Waals surface area contributed by atoms with Gasteiger partial charge in [-0.05, 0) is 39.7 Å². The number of amides is 1. The molecule has 2 unspecified atom stereocenters. The van der Waals surface area contributed by atoms with E-state index in [0.717, 1.165) is 17.8 Å². The Bertz CT molecular complexity index is 1040. The van der Waals surface area contributed by atoms with E-state index in [0.29, 0.717) is 41.6 Å². The van der Waals surface area contributed by atoms with Crippen molar-refractivity contribution in [2.75, 3.05) is 19.8 Å². The van der Waals surface area contributed by atoms with Gasteiger partial charge in [-0.3, -0.25) is 9.59 Å². The minimum absolute atomic E-state index is 0.0712. The summed E-state index contributed by atoms with van der Waals surface area (Å²) in [5, 5.41) is 11.6. The number of carbonyl (C=O) groups is 2. The van der Waals surface area contributed by atoms with Crippen LogP contribution in [0, 0.1) is 13.8 Å². The first-order valence-electron chi connectivity index (χ1n) is 10.5. The topological polar surface area (TPSA) is 89.0 Å². The molecule has 2 aliphatic heterocycles. The number of hydrogen-bond donors (Lipinski definition) is 1. The van der Waals surface area contributed by atoms with Crippen LogP contribution in [0.4, 0.5) is 0 Å². The smallest absolute Gasteiger partial charge is 0.290 e. The fraction of sp³-hybridized carbons (Fsp3) is 0.435. The van der Waals surface area contributed by atoms with Crippen LogP contribution in [0.2, 0.25) is 0 Å². The van der Waals surface area contributed by atoms with Crippen molar-refractivity contribution in [3.8, 4) is 5.75 Å². The van der Waals surface area contributed by atoms with Crippen LogP contribution < -0.4 is 4.74 Å². The summed E-state index contributed by atoms with van der Waals surface area (Å²) in [5.41, 5.74) is 1.33. The lowest BCUT2D eigenvalue weighted by Crippen LogP contribution is -2.37. The van der Waals surface area contributed by atoms with E-state index in [1.54, 1.807) is 11.8 Å². The molecular weight excluding hydrogens is 416 g/mol. The predicted molar refractivity (Wildman–Crippen MR) is 117 cm³/mol. The van der Waals surface area contributed by atoms with Gasteiger partial charge in [0.2, 0.25) is 5.78 Å². The normalized spacial score (nSPS) is 21.3. The Hall–Kier alpha value is -2.71. The molecule has 4 rings (SSSR count). The Labute approximate surface area is 185 Å². The van der Waals surface area contributed by atoms with Gasteiger partial charge in [-0.2, -0.15) is 0 Å². The zero-order valence-electron chi connectivity index (χ0n) is 17.9. The average Bonchev–Trinajstić information content (AvgIpc) is 3.44. The maximum absolute atomic E-state index is 13.6. The maximum Gasteiger partial charge on any atom is 0.290 e. The first kappa shape index (κ1) is 21.5. The number of thiazole rings is 1. The van der Waals surface area contributed by atoms with Crippen LogP contribution in [0.15, 0.2) is 35.6 Å². The van der Waals surface area contributed by atoms with Crippen LogP contribution >= 0.6 is 11.3 Å². The van der Waals surface area contributed by atoms with Crippen LogP contribution in [0.3, 0.4) is 0 Å². The lowest BCUT2D eigenvalue weighted by molar-refractivity contribution is -0.131. The van der Waals surface area contributed by atoms with Crippen LogP contribution in [-0.2, 0) is 9.53 Å². The van der Waals surface area contributed by atoms with Crippen LogP contribution in [0.1, 0.15) is 51.7 Å². The molecule has 1 aromatic heterocycles. The van der Waals surface area contributed by atoms with Crippen LogP contribution in [0.25, 0.3) is 0 Å². The van der Waals surface area contributed by atoms with Crippen molar-refractivity contribution in [2.24, 2.45) is 0 Å². The van der Waals surface area contributed by atoms with E-state index >= 15 is 0 Å². The molecule has 0 spiro atoms. The largest absolute Gasteiger partial charge is 0.503 e. The van der Waals surface area contributed by atoms with Crippen molar-refractivity contribution in [3.63, 3.8) is 0 Å². The van der Waals surface area contributed by atoms with E-state index in [-0.39, 0.29) is 17.5 Å². The van der Waals surface area contributed by atoms with E-state index in [4.69, 9.17) is 9.47 Å². The lowest BCUT2D eigenvalue weighted by atomic mass is 9.94. The number of Topliss-reactive ketones (excluding diaryl/α,β-unsaturated/α-hetero) is 1. The van der Waals surface area contributed by atoms with Gasteiger partial charge in [-0.15, -0.1) is 11.3 Å². The molecule has 3 heterocycles. The Kier molecular flexibility index (Phi) is 6.11.